The summed E-state index contributed by atoms with van der Waals surface area (Å²) in [6.07, 6.45) is 0. The first kappa shape index (κ1) is 8.94. The molecule has 0 saturated carbocycles. The van der Waals surface area contributed by atoms with Crippen LogP contribution in [0.2, 0.25) is 0 Å². The Balaban J connectivity index is 2.37. The molecule has 0 N–H and O–H groups in total. The minimum atomic E-state index is 0.793. The maximum atomic E-state index is 4.99. The number of hydrogen-bond donors (Lipinski definition) is 0. The Hall–Kier alpha value is -0.150. The van der Waals surface area contributed by atoms with Crippen LogP contribution in [0.1, 0.15) is 13.8 Å². The molecule has 1 aliphatic heterocycles. The van der Waals surface area contributed by atoms with Crippen molar-refractivity contribution in [3.8, 4) is 0 Å². The molecule has 0 aromatic heterocycles. The lowest BCUT2D eigenvalue weighted by Gasteiger charge is -2.17. The van der Waals surface area contributed by atoms with Crippen molar-refractivity contribution in [1.29, 1.82) is 0 Å². The van der Waals surface area contributed by atoms with E-state index in [4.69, 9.17) is 4.74 Å². The van der Waals surface area contributed by atoms with Gasteiger partial charge in [-0.1, -0.05) is 0 Å². The summed E-state index contributed by atoms with van der Waals surface area (Å²) in [6, 6.07) is 0. The smallest absolute Gasteiger partial charge is 0.109 e. The fourth-order valence-corrected chi connectivity index (χ4v) is 1.76. The predicted octanol–water partition coefficient (Wildman–Crippen LogP) is 2.05. The van der Waals surface area contributed by atoms with Crippen molar-refractivity contribution in [3.63, 3.8) is 0 Å². The molecular formula is C8H14NOS. The zero-order chi connectivity index (χ0) is 8.27. The average molecular weight is 172 g/mol. The molecule has 1 rings (SSSR count). The molecule has 0 unspecified atom stereocenters. The van der Waals surface area contributed by atoms with Gasteiger partial charge >= 0.3 is 0 Å². The number of hydrogen-bond acceptors (Lipinski definition) is 3. The number of rotatable bonds is 3. The highest BCUT2D eigenvalue weighted by Crippen LogP contribution is 2.33. The van der Waals surface area contributed by atoms with Crippen molar-refractivity contribution in [2.45, 2.75) is 13.8 Å². The van der Waals surface area contributed by atoms with Crippen LogP contribution in [0.25, 0.3) is 0 Å². The van der Waals surface area contributed by atoms with Crippen LogP contribution >= 0.6 is 11.8 Å². The van der Waals surface area contributed by atoms with E-state index in [0.717, 1.165) is 13.2 Å². The fourth-order valence-electron chi connectivity index (χ4n) is 0.919. The third-order valence-corrected chi connectivity index (χ3v) is 2.84. The van der Waals surface area contributed by atoms with E-state index in [1.807, 2.05) is 0 Å². The molecule has 0 aromatic rings. The SMILES string of the molecule is COCCN1[CH]SC(C)=C1C. The molecule has 1 aliphatic rings. The molecule has 0 atom stereocenters. The number of nitrogens with zero attached hydrogens (tertiary/aromatic N) is 1. The average Bonchev–Trinajstić information content (AvgIpc) is 2.31. The van der Waals surface area contributed by atoms with Crippen molar-refractivity contribution in [3.05, 3.63) is 16.5 Å². The van der Waals surface area contributed by atoms with Crippen molar-refractivity contribution in [2.24, 2.45) is 0 Å². The quantitative estimate of drug-likeness (QED) is 0.646. The van der Waals surface area contributed by atoms with Crippen molar-refractivity contribution >= 4 is 11.8 Å². The van der Waals surface area contributed by atoms with Crippen LogP contribution in [0, 0.1) is 5.88 Å². The topological polar surface area (TPSA) is 12.5 Å². The van der Waals surface area contributed by atoms with Gasteiger partial charge in [0.2, 0.25) is 0 Å². The molecule has 11 heavy (non-hydrogen) atoms. The van der Waals surface area contributed by atoms with E-state index in [1.165, 1.54) is 10.6 Å². The van der Waals surface area contributed by atoms with Gasteiger partial charge in [-0.3, -0.25) is 0 Å². The van der Waals surface area contributed by atoms with Crippen molar-refractivity contribution in [2.75, 3.05) is 20.3 Å². The Morgan fingerprint density at radius 1 is 1.55 bits per heavy atom. The molecule has 1 radical (unpaired) electrons. The molecule has 0 aliphatic carbocycles. The monoisotopic (exact) mass is 172 g/mol. The third kappa shape index (κ3) is 2.14. The maximum Gasteiger partial charge on any atom is 0.109 e. The fraction of sp³-hybridized carbons (Fsp3) is 0.625. The maximum absolute atomic E-state index is 4.99. The highest BCUT2D eigenvalue weighted by molar-refractivity contribution is 8.05. The number of thioether (sulfide) groups is 1. The Bertz CT molecular complexity index is 167. The standard InChI is InChI=1S/C8H14NOS/c1-7-8(2)11-6-9(7)4-5-10-3/h6H,4-5H2,1-3H3. The highest BCUT2D eigenvalue weighted by Gasteiger charge is 2.15. The molecule has 0 aromatic carbocycles. The second kappa shape index (κ2) is 4.02. The van der Waals surface area contributed by atoms with Gasteiger partial charge in [0.25, 0.3) is 0 Å². The van der Waals surface area contributed by atoms with Gasteiger partial charge in [0, 0.05) is 24.3 Å². The van der Waals surface area contributed by atoms with E-state index in [9.17, 15) is 0 Å². The van der Waals surface area contributed by atoms with Crippen LogP contribution in [-0.4, -0.2) is 25.2 Å². The van der Waals surface area contributed by atoms with Gasteiger partial charge in [0.1, 0.15) is 5.88 Å². The second-order valence-electron chi connectivity index (χ2n) is 2.55. The van der Waals surface area contributed by atoms with Gasteiger partial charge in [-0.15, -0.1) is 11.8 Å². The van der Waals surface area contributed by atoms with Gasteiger partial charge in [0.05, 0.1) is 6.61 Å². The van der Waals surface area contributed by atoms with E-state index in [0.29, 0.717) is 0 Å². The van der Waals surface area contributed by atoms with Gasteiger partial charge in [-0.05, 0) is 13.8 Å². The Labute approximate surface area is 72.6 Å². The Morgan fingerprint density at radius 2 is 2.27 bits per heavy atom. The molecule has 0 fully saturated rings. The van der Waals surface area contributed by atoms with Gasteiger partial charge < -0.3 is 9.64 Å². The van der Waals surface area contributed by atoms with Crippen LogP contribution in [0.3, 0.4) is 0 Å². The van der Waals surface area contributed by atoms with E-state index in [-0.39, 0.29) is 0 Å². The lowest BCUT2D eigenvalue weighted by Crippen LogP contribution is -2.19. The minimum absolute atomic E-state index is 0.793. The summed E-state index contributed by atoms with van der Waals surface area (Å²) in [7, 11) is 1.73. The molecule has 63 valence electrons. The highest BCUT2D eigenvalue weighted by atomic mass is 32.2. The van der Waals surface area contributed by atoms with Gasteiger partial charge in [-0.25, -0.2) is 0 Å². The normalized spacial score (nSPS) is 18.3. The summed E-state index contributed by atoms with van der Waals surface area (Å²) >= 11 is 1.79. The van der Waals surface area contributed by atoms with Crippen LogP contribution in [0.4, 0.5) is 0 Å². The predicted molar refractivity (Wildman–Crippen MR) is 48.8 cm³/mol. The molecule has 2 nitrogen and oxygen atoms in total. The minimum Gasteiger partial charge on any atom is -0.383 e. The number of ether oxygens (including phenoxy) is 1. The van der Waals surface area contributed by atoms with Crippen LogP contribution < -0.4 is 0 Å². The van der Waals surface area contributed by atoms with Crippen LogP contribution in [0.5, 0.6) is 0 Å². The van der Waals surface area contributed by atoms with E-state index < -0.39 is 0 Å². The molecular weight excluding hydrogens is 158 g/mol. The summed E-state index contributed by atoms with van der Waals surface area (Å²) in [6.45, 7) is 6.04. The first-order valence-electron chi connectivity index (χ1n) is 3.68. The first-order valence-corrected chi connectivity index (χ1v) is 4.56. The van der Waals surface area contributed by atoms with Gasteiger partial charge in [-0.2, -0.15) is 0 Å². The van der Waals surface area contributed by atoms with Gasteiger partial charge in [0.15, 0.2) is 0 Å². The molecule has 0 bridgehead atoms. The summed E-state index contributed by atoms with van der Waals surface area (Å²) in [5.74, 6) is 2.14. The largest absolute Gasteiger partial charge is 0.383 e. The summed E-state index contributed by atoms with van der Waals surface area (Å²) in [5.41, 5.74) is 1.35. The molecule has 0 saturated heterocycles. The zero-order valence-electron chi connectivity index (χ0n) is 7.26. The van der Waals surface area contributed by atoms with E-state index in [1.54, 1.807) is 18.9 Å². The summed E-state index contributed by atoms with van der Waals surface area (Å²) < 4.78 is 4.99. The van der Waals surface area contributed by atoms with Crippen molar-refractivity contribution in [1.82, 2.24) is 4.90 Å². The zero-order valence-corrected chi connectivity index (χ0v) is 8.07. The first-order chi connectivity index (χ1) is 5.25. The second-order valence-corrected chi connectivity index (χ2v) is 3.61. The molecule has 1 heterocycles. The molecule has 0 amide bonds. The van der Waals surface area contributed by atoms with Crippen molar-refractivity contribution < 1.29 is 4.74 Å². The summed E-state index contributed by atoms with van der Waals surface area (Å²) in [5, 5.41) is 0. The van der Waals surface area contributed by atoms with Crippen LogP contribution in [0.15, 0.2) is 10.6 Å². The molecule has 0 spiro atoms. The number of allylic oxidation sites excluding steroid dienone is 2. The Morgan fingerprint density at radius 3 is 2.73 bits per heavy atom. The third-order valence-electron chi connectivity index (χ3n) is 1.83. The van der Waals surface area contributed by atoms with E-state index in [2.05, 4.69) is 24.6 Å². The number of methoxy groups -OCH3 is 1. The lowest BCUT2D eigenvalue weighted by molar-refractivity contribution is 0.178. The lowest BCUT2D eigenvalue weighted by atomic mass is 10.4. The van der Waals surface area contributed by atoms with E-state index >= 15 is 0 Å². The summed E-state index contributed by atoms with van der Waals surface area (Å²) in [4.78, 5) is 3.62. The van der Waals surface area contributed by atoms with Crippen LogP contribution in [-0.2, 0) is 4.74 Å². The Kier molecular flexibility index (Phi) is 3.27. The molecule has 3 heteroatoms.